The monoisotopic (exact) mass is 244 g/mol. The van der Waals surface area contributed by atoms with Gasteiger partial charge in [-0.1, -0.05) is 6.92 Å². The van der Waals surface area contributed by atoms with Crippen LogP contribution in [0.3, 0.4) is 0 Å². The number of halogens is 1. The van der Waals surface area contributed by atoms with E-state index in [2.05, 4.69) is 28.9 Å². The molecule has 1 atom stereocenters. The summed E-state index contributed by atoms with van der Waals surface area (Å²) in [6.07, 6.45) is 3.13. The Balaban J connectivity index is 0.00000128. The Morgan fingerprint density at radius 1 is 1.62 bits per heavy atom. The van der Waals surface area contributed by atoms with Crippen LogP contribution in [0.5, 0.6) is 0 Å². The Morgan fingerprint density at radius 3 is 2.88 bits per heavy atom. The van der Waals surface area contributed by atoms with Gasteiger partial charge in [-0.3, -0.25) is 10.00 Å². The lowest BCUT2D eigenvalue weighted by Gasteiger charge is -2.22. The van der Waals surface area contributed by atoms with Crippen LogP contribution in [-0.2, 0) is 6.54 Å². The van der Waals surface area contributed by atoms with Crippen molar-refractivity contribution in [2.75, 3.05) is 19.6 Å². The van der Waals surface area contributed by atoms with E-state index in [1.807, 2.05) is 6.20 Å². The maximum Gasteiger partial charge on any atom is 0.0535 e. The van der Waals surface area contributed by atoms with Gasteiger partial charge >= 0.3 is 0 Å². The Kier molecular flexibility index (Phi) is 4.35. The topological polar surface area (TPSA) is 57.9 Å². The van der Waals surface area contributed by atoms with E-state index in [-0.39, 0.29) is 12.4 Å². The number of nitrogens with one attached hydrogen (secondary N) is 1. The van der Waals surface area contributed by atoms with Gasteiger partial charge in [-0.05, 0) is 31.8 Å². The smallest absolute Gasteiger partial charge is 0.0535 e. The number of nitrogens with two attached hydrogens (primary N) is 1. The number of aromatic nitrogens is 2. The lowest BCUT2D eigenvalue weighted by molar-refractivity contribution is 0.274. The number of likely N-dealkylation sites (tertiary alicyclic amines) is 1. The molecule has 3 N–H and O–H groups in total. The van der Waals surface area contributed by atoms with Crippen molar-refractivity contribution in [1.82, 2.24) is 15.1 Å². The fraction of sp³-hybridized carbons (Fsp3) is 0.727. The van der Waals surface area contributed by atoms with Crippen LogP contribution in [0.15, 0.2) is 6.20 Å². The molecule has 1 aromatic heterocycles. The molecule has 1 unspecified atom stereocenters. The molecule has 0 saturated carbocycles. The van der Waals surface area contributed by atoms with Crippen LogP contribution in [0.4, 0.5) is 0 Å². The first-order chi connectivity index (χ1) is 7.13. The van der Waals surface area contributed by atoms with Gasteiger partial charge in [0, 0.05) is 24.3 Å². The standard InChI is InChI=1S/C11H20N4.ClH/c1-9-10(5-13-14-9)6-15-4-3-11(2,7-12)8-15;/h5H,3-4,6-8,12H2,1-2H3,(H,13,14);1H. The van der Waals surface area contributed by atoms with Crippen molar-refractivity contribution in [3.8, 4) is 0 Å². The second-order valence-electron chi connectivity index (χ2n) is 5.00. The summed E-state index contributed by atoms with van der Waals surface area (Å²) < 4.78 is 0. The number of aromatic amines is 1. The molecule has 1 fully saturated rings. The highest BCUT2D eigenvalue weighted by Crippen LogP contribution is 2.29. The second kappa shape index (κ2) is 5.17. The van der Waals surface area contributed by atoms with Gasteiger partial charge in [-0.2, -0.15) is 5.10 Å². The maximum absolute atomic E-state index is 5.79. The summed E-state index contributed by atoms with van der Waals surface area (Å²) in [5, 5.41) is 7.02. The van der Waals surface area contributed by atoms with Crippen molar-refractivity contribution in [2.45, 2.75) is 26.8 Å². The van der Waals surface area contributed by atoms with Crippen LogP contribution in [0.1, 0.15) is 24.6 Å². The third-order valence-corrected chi connectivity index (χ3v) is 3.46. The molecule has 92 valence electrons. The molecule has 0 spiro atoms. The molecule has 1 aliphatic rings. The molecule has 5 heteroatoms. The van der Waals surface area contributed by atoms with Gasteiger partial charge in [0.05, 0.1) is 6.20 Å². The minimum atomic E-state index is 0. The maximum atomic E-state index is 5.79. The van der Waals surface area contributed by atoms with Gasteiger partial charge in [-0.15, -0.1) is 12.4 Å². The SMILES string of the molecule is Cc1[nH]ncc1CN1CCC(C)(CN)C1.Cl. The molecule has 2 heterocycles. The third-order valence-electron chi connectivity index (χ3n) is 3.46. The number of rotatable bonds is 3. The highest BCUT2D eigenvalue weighted by atomic mass is 35.5. The summed E-state index contributed by atoms with van der Waals surface area (Å²) >= 11 is 0. The number of nitrogens with zero attached hydrogens (tertiary/aromatic N) is 2. The van der Waals surface area contributed by atoms with E-state index in [1.54, 1.807) is 0 Å². The van der Waals surface area contributed by atoms with Crippen molar-refractivity contribution in [2.24, 2.45) is 11.1 Å². The van der Waals surface area contributed by atoms with E-state index >= 15 is 0 Å². The fourth-order valence-electron chi connectivity index (χ4n) is 2.20. The minimum Gasteiger partial charge on any atom is -0.330 e. The molecule has 2 rings (SSSR count). The zero-order valence-electron chi connectivity index (χ0n) is 9.99. The first-order valence-electron chi connectivity index (χ1n) is 5.54. The van der Waals surface area contributed by atoms with Gasteiger partial charge in [0.25, 0.3) is 0 Å². The molecule has 0 aromatic carbocycles. The van der Waals surface area contributed by atoms with E-state index in [9.17, 15) is 0 Å². The van der Waals surface area contributed by atoms with E-state index in [1.165, 1.54) is 17.7 Å². The predicted molar refractivity (Wildman–Crippen MR) is 67.6 cm³/mol. The van der Waals surface area contributed by atoms with Crippen LogP contribution in [-0.4, -0.2) is 34.7 Å². The summed E-state index contributed by atoms with van der Waals surface area (Å²) in [6, 6.07) is 0. The molecular weight excluding hydrogens is 224 g/mol. The van der Waals surface area contributed by atoms with Crippen LogP contribution >= 0.6 is 12.4 Å². The zero-order chi connectivity index (χ0) is 10.9. The van der Waals surface area contributed by atoms with E-state index in [0.29, 0.717) is 5.41 Å². The van der Waals surface area contributed by atoms with E-state index < -0.39 is 0 Å². The number of H-pyrrole nitrogens is 1. The lowest BCUT2D eigenvalue weighted by Crippen LogP contribution is -2.31. The van der Waals surface area contributed by atoms with Gasteiger partial charge < -0.3 is 5.73 Å². The highest BCUT2D eigenvalue weighted by molar-refractivity contribution is 5.85. The molecule has 16 heavy (non-hydrogen) atoms. The molecule has 0 aliphatic carbocycles. The molecule has 1 saturated heterocycles. The summed E-state index contributed by atoms with van der Waals surface area (Å²) in [4.78, 5) is 2.46. The summed E-state index contributed by atoms with van der Waals surface area (Å²) in [5.74, 6) is 0. The van der Waals surface area contributed by atoms with Gasteiger partial charge in [0.1, 0.15) is 0 Å². The van der Waals surface area contributed by atoms with E-state index in [4.69, 9.17) is 5.73 Å². The van der Waals surface area contributed by atoms with Crippen molar-refractivity contribution < 1.29 is 0 Å². The largest absolute Gasteiger partial charge is 0.330 e. The normalized spacial score (nSPS) is 25.7. The Hall–Kier alpha value is -0.580. The van der Waals surface area contributed by atoms with Crippen LogP contribution in [0, 0.1) is 12.3 Å². The van der Waals surface area contributed by atoms with Crippen LogP contribution in [0.2, 0.25) is 0 Å². The first kappa shape index (κ1) is 13.5. The quantitative estimate of drug-likeness (QED) is 0.843. The predicted octanol–water partition coefficient (Wildman–Crippen LogP) is 1.31. The molecular formula is C11H21ClN4. The number of aryl methyl sites for hydroxylation is 1. The van der Waals surface area contributed by atoms with E-state index in [0.717, 1.165) is 26.2 Å². The van der Waals surface area contributed by atoms with Crippen molar-refractivity contribution in [3.05, 3.63) is 17.5 Å². The molecule has 0 radical (unpaired) electrons. The van der Waals surface area contributed by atoms with Crippen LogP contribution < -0.4 is 5.73 Å². The van der Waals surface area contributed by atoms with Crippen LogP contribution in [0.25, 0.3) is 0 Å². The first-order valence-corrected chi connectivity index (χ1v) is 5.54. The number of hydrogen-bond donors (Lipinski definition) is 2. The second-order valence-corrected chi connectivity index (χ2v) is 5.00. The fourth-order valence-corrected chi connectivity index (χ4v) is 2.20. The average Bonchev–Trinajstić information content (AvgIpc) is 2.77. The summed E-state index contributed by atoms with van der Waals surface area (Å²) in [7, 11) is 0. The van der Waals surface area contributed by atoms with Gasteiger partial charge in [0.2, 0.25) is 0 Å². The van der Waals surface area contributed by atoms with Crippen molar-refractivity contribution in [1.29, 1.82) is 0 Å². The average molecular weight is 245 g/mol. The Labute approximate surface area is 103 Å². The Bertz CT molecular complexity index is 338. The molecule has 0 bridgehead atoms. The van der Waals surface area contributed by atoms with Crippen molar-refractivity contribution in [3.63, 3.8) is 0 Å². The summed E-state index contributed by atoms with van der Waals surface area (Å²) in [5.41, 5.74) is 8.58. The molecule has 4 nitrogen and oxygen atoms in total. The summed E-state index contributed by atoms with van der Waals surface area (Å²) in [6.45, 7) is 8.38. The third kappa shape index (κ3) is 2.75. The van der Waals surface area contributed by atoms with Crippen molar-refractivity contribution >= 4 is 12.4 Å². The highest BCUT2D eigenvalue weighted by Gasteiger charge is 2.32. The minimum absolute atomic E-state index is 0. The van der Waals surface area contributed by atoms with Gasteiger partial charge in [0.15, 0.2) is 0 Å². The molecule has 1 aromatic rings. The number of hydrogen-bond acceptors (Lipinski definition) is 3. The molecule has 1 aliphatic heterocycles. The van der Waals surface area contributed by atoms with Gasteiger partial charge in [-0.25, -0.2) is 0 Å². The lowest BCUT2D eigenvalue weighted by atomic mass is 9.90. The molecule has 0 amide bonds. The Morgan fingerprint density at radius 2 is 2.38 bits per heavy atom. The zero-order valence-corrected chi connectivity index (χ0v) is 10.8.